The maximum absolute atomic E-state index is 6.13. The Kier molecular flexibility index (Phi) is 3.64. The van der Waals surface area contributed by atoms with Gasteiger partial charge in [0.2, 0.25) is 0 Å². The van der Waals surface area contributed by atoms with Gasteiger partial charge in [-0.3, -0.25) is 4.90 Å². The van der Waals surface area contributed by atoms with E-state index < -0.39 is 0 Å². The number of nitrogens with zero attached hydrogens (tertiary/aromatic N) is 1. The summed E-state index contributed by atoms with van der Waals surface area (Å²) in [5, 5.41) is 0. The zero-order valence-electron chi connectivity index (χ0n) is 14.8. The second-order valence-electron chi connectivity index (χ2n) is 8.59. The Morgan fingerprint density at radius 2 is 1.70 bits per heavy atom. The third-order valence-corrected chi connectivity index (χ3v) is 6.41. The second kappa shape index (κ2) is 5.33. The van der Waals surface area contributed by atoms with Crippen molar-refractivity contribution in [2.24, 2.45) is 5.92 Å². The Balaban J connectivity index is 1.43. The normalized spacial score (nSPS) is 31.9. The number of rotatable bonds is 3. The van der Waals surface area contributed by atoms with E-state index in [9.17, 15) is 0 Å². The van der Waals surface area contributed by atoms with Crippen molar-refractivity contribution < 1.29 is 9.31 Å². The predicted octanol–water partition coefficient (Wildman–Crippen LogP) is 2.97. The van der Waals surface area contributed by atoms with Gasteiger partial charge >= 0.3 is 7.12 Å². The first-order chi connectivity index (χ1) is 10.8. The summed E-state index contributed by atoms with van der Waals surface area (Å²) in [6.07, 6.45) is 4.27. The van der Waals surface area contributed by atoms with Gasteiger partial charge in [0.25, 0.3) is 0 Å². The smallest absolute Gasteiger partial charge is 0.399 e. The van der Waals surface area contributed by atoms with Gasteiger partial charge in [-0.25, -0.2) is 0 Å². The number of benzene rings is 1. The minimum Gasteiger partial charge on any atom is -0.399 e. The first kappa shape index (κ1) is 15.7. The molecule has 1 aromatic rings. The summed E-state index contributed by atoms with van der Waals surface area (Å²) < 4.78 is 12.3. The molecule has 1 aromatic carbocycles. The monoisotopic (exact) mass is 313 g/mol. The maximum Gasteiger partial charge on any atom is 0.494 e. The van der Waals surface area contributed by atoms with Gasteiger partial charge in [-0.2, -0.15) is 0 Å². The molecule has 2 bridgehead atoms. The van der Waals surface area contributed by atoms with Crippen LogP contribution in [0, 0.1) is 5.92 Å². The van der Waals surface area contributed by atoms with Crippen molar-refractivity contribution in [2.75, 3.05) is 6.54 Å². The second-order valence-corrected chi connectivity index (χ2v) is 8.59. The number of piperidine rings is 1. The van der Waals surface area contributed by atoms with E-state index in [0.717, 1.165) is 24.0 Å². The average molecular weight is 313 g/mol. The van der Waals surface area contributed by atoms with Crippen LogP contribution < -0.4 is 5.46 Å². The van der Waals surface area contributed by atoms with Crippen molar-refractivity contribution in [3.05, 3.63) is 29.8 Å². The fourth-order valence-electron chi connectivity index (χ4n) is 4.21. The van der Waals surface area contributed by atoms with Crippen LogP contribution in [0.1, 0.15) is 52.5 Å². The summed E-state index contributed by atoms with van der Waals surface area (Å²) in [5.41, 5.74) is 1.98. The molecule has 0 amide bonds. The van der Waals surface area contributed by atoms with Crippen molar-refractivity contribution in [2.45, 2.75) is 70.7 Å². The van der Waals surface area contributed by atoms with E-state index in [4.69, 9.17) is 9.31 Å². The molecule has 4 rings (SSSR count). The van der Waals surface area contributed by atoms with E-state index in [2.05, 4.69) is 56.9 Å². The summed E-state index contributed by atoms with van der Waals surface area (Å²) in [6.45, 7) is 10.8. The molecule has 2 aliphatic heterocycles. The van der Waals surface area contributed by atoms with Crippen molar-refractivity contribution in [1.82, 2.24) is 4.90 Å². The molecule has 0 N–H and O–H groups in total. The molecule has 124 valence electrons. The molecule has 2 atom stereocenters. The molecule has 3 nitrogen and oxygen atoms in total. The fourth-order valence-corrected chi connectivity index (χ4v) is 4.21. The molecule has 0 aromatic heterocycles. The molecule has 0 radical (unpaired) electrons. The average Bonchev–Trinajstić information content (AvgIpc) is 3.14. The predicted molar refractivity (Wildman–Crippen MR) is 93.7 cm³/mol. The SMILES string of the molecule is CC1(C)OB(c2ccc(CN3CC4CCC3C4)cc2)OC1(C)C. The summed E-state index contributed by atoms with van der Waals surface area (Å²) in [7, 11) is -0.253. The zero-order chi connectivity index (χ0) is 16.2. The largest absolute Gasteiger partial charge is 0.494 e. The van der Waals surface area contributed by atoms with Crippen LogP contribution in [0.5, 0.6) is 0 Å². The number of fused-ring (bicyclic) bond motifs is 2. The lowest BCUT2D eigenvalue weighted by molar-refractivity contribution is 0.00578. The highest BCUT2D eigenvalue weighted by molar-refractivity contribution is 6.62. The van der Waals surface area contributed by atoms with Gasteiger partial charge in [0, 0.05) is 19.1 Å². The van der Waals surface area contributed by atoms with Gasteiger partial charge in [0.15, 0.2) is 0 Å². The van der Waals surface area contributed by atoms with Crippen molar-refractivity contribution in [3.63, 3.8) is 0 Å². The molecule has 0 spiro atoms. The van der Waals surface area contributed by atoms with Gasteiger partial charge in [0.1, 0.15) is 0 Å². The lowest BCUT2D eigenvalue weighted by atomic mass is 9.79. The van der Waals surface area contributed by atoms with Crippen LogP contribution in [0.25, 0.3) is 0 Å². The standard InChI is InChI=1S/C19H28BNO2/c1-18(2)19(3,4)23-20(22-18)16-8-5-14(6-9-16)12-21-13-15-7-10-17(21)11-15/h5-6,8-9,15,17H,7,10-13H2,1-4H3. The lowest BCUT2D eigenvalue weighted by Crippen LogP contribution is -2.41. The third-order valence-electron chi connectivity index (χ3n) is 6.41. The van der Waals surface area contributed by atoms with Gasteiger partial charge in [-0.15, -0.1) is 0 Å². The number of likely N-dealkylation sites (tertiary alicyclic amines) is 1. The molecular weight excluding hydrogens is 285 g/mol. The van der Waals surface area contributed by atoms with Gasteiger partial charge in [-0.1, -0.05) is 24.3 Å². The first-order valence-electron chi connectivity index (χ1n) is 9.03. The first-order valence-corrected chi connectivity index (χ1v) is 9.03. The van der Waals surface area contributed by atoms with Crippen LogP contribution in [0.4, 0.5) is 0 Å². The van der Waals surface area contributed by atoms with Gasteiger partial charge in [-0.05, 0) is 63.9 Å². The topological polar surface area (TPSA) is 21.7 Å². The molecule has 2 saturated heterocycles. The van der Waals surface area contributed by atoms with Crippen molar-refractivity contribution >= 4 is 12.6 Å². The summed E-state index contributed by atoms with van der Waals surface area (Å²) in [5.74, 6) is 0.962. The molecule has 1 aliphatic carbocycles. The van der Waals surface area contributed by atoms with Gasteiger partial charge < -0.3 is 9.31 Å². The van der Waals surface area contributed by atoms with Crippen LogP contribution in [-0.2, 0) is 15.9 Å². The molecular formula is C19H28BNO2. The summed E-state index contributed by atoms with van der Waals surface area (Å²) >= 11 is 0. The molecule has 1 saturated carbocycles. The highest BCUT2D eigenvalue weighted by Gasteiger charge is 2.51. The molecule has 4 heteroatoms. The molecule has 3 aliphatic rings. The summed E-state index contributed by atoms with van der Waals surface area (Å²) in [4.78, 5) is 2.66. The number of hydrogen-bond donors (Lipinski definition) is 0. The molecule has 23 heavy (non-hydrogen) atoms. The lowest BCUT2D eigenvalue weighted by Gasteiger charge is -2.32. The van der Waals surface area contributed by atoms with Crippen molar-refractivity contribution in [1.29, 1.82) is 0 Å². The quantitative estimate of drug-likeness (QED) is 0.801. The molecule has 2 heterocycles. The van der Waals surface area contributed by atoms with Crippen LogP contribution >= 0.6 is 0 Å². The van der Waals surface area contributed by atoms with Crippen LogP contribution in [0.3, 0.4) is 0 Å². The summed E-state index contributed by atoms with van der Waals surface area (Å²) in [6, 6.07) is 9.67. The minimum absolute atomic E-state index is 0.253. The highest BCUT2D eigenvalue weighted by Crippen LogP contribution is 2.38. The van der Waals surface area contributed by atoms with Crippen LogP contribution in [0.15, 0.2) is 24.3 Å². The Hall–Kier alpha value is -0.835. The zero-order valence-corrected chi connectivity index (χ0v) is 14.8. The minimum atomic E-state index is -0.273. The molecule has 3 fully saturated rings. The van der Waals surface area contributed by atoms with E-state index in [0.29, 0.717) is 0 Å². The van der Waals surface area contributed by atoms with Crippen LogP contribution in [0.2, 0.25) is 0 Å². The van der Waals surface area contributed by atoms with E-state index in [1.54, 1.807) is 0 Å². The van der Waals surface area contributed by atoms with Crippen molar-refractivity contribution in [3.8, 4) is 0 Å². The van der Waals surface area contributed by atoms with E-state index in [1.807, 2.05) is 0 Å². The van der Waals surface area contributed by atoms with E-state index in [1.165, 1.54) is 31.4 Å². The third kappa shape index (κ3) is 2.75. The Morgan fingerprint density at radius 1 is 1.04 bits per heavy atom. The Bertz CT molecular complexity index is 568. The van der Waals surface area contributed by atoms with Gasteiger partial charge in [0.05, 0.1) is 11.2 Å². The number of hydrogen-bond acceptors (Lipinski definition) is 3. The Morgan fingerprint density at radius 3 is 2.22 bits per heavy atom. The maximum atomic E-state index is 6.13. The van der Waals surface area contributed by atoms with Crippen LogP contribution in [-0.4, -0.2) is 35.8 Å². The highest BCUT2D eigenvalue weighted by atomic mass is 16.7. The Labute approximate surface area is 140 Å². The fraction of sp³-hybridized carbons (Fsp3) is 0.684. The van der Waals surface area contributed by atoms with E-state index in [-0.39, 0.29) is 18.3 Å². The molecule has 2 unspecified atom stereocenters. The van der Waals surface area contributed by atoms with E-state index >= 15 is 0 Å².